The van der Waals surface area contributed by atoms with Gasteiger partial charge in [-0.15, -0.1) is 0 Å². The lowest BCUT2D eigenvalue weighted by Crippen LogP contribution is -2.44. The van der Waals surface area contributed by atoms with E-state index in [1.165, 1.54) is 0 Å². The largest absolute Gasteiger partial charge is 0.379 e. The Bertz CT molecular complexity index is 563. The topological polar surface area (TPSA) is 46.6 Å². The van der Waals surface area contributed by atoms with Gasteiger partial charge in [-0.3, -0.25) is 0 Å². The van der Waals surface area contributed by atoms with Gasteiger partial charge < -0.3 is 4.74 Å². The molecular formula is C17H25NO3S. The molecule has 2 rings (SSSR count). The van der Waals surface area contributed by atoms with E-state index in [4.69, 9.17) is 4.74 Å². The lowest BCUT2D eigenvalue weighted by molar-refractivity contribution is 0.0727. The summed E-state index contributed by atoms with van der Waals surface area (Å²) >= 11 is 0. The van der Waals surface area contributed by atoms with Crippen LogP contribution >= 0.6 is 0 Å². The number of benzene rings is 1. The summed E-state index contributed by atoms with van der Waals surface area (Å²) in [6.07, 6.45) is 6.33. The Morgan fingerprint density at radius 2 is 1.91 bits per heavy atom. The van der Waals surface area contributed by atoms with Crippen LogP contribution < -0.4 is 0 Å². The van der Waals surface area contributed by atoms with Crippen LogP contribution in [0.3, 0.4) is 0 Å². The molecule has 1 saturated heterocycles. The molecule has 0 N–H and O–H groups in total. The van der Waals surface area contributed by atoms with E-state index in [0.29, 0.717) is 32.7 Å². The molecule has 0 spiro atoms. The van der Waals surface area contributed by atoms with Crippen LogP contribution in [0.2, 0.25) is 0 Å². The number of rotatable bonds is 7. The van der Waals surface area contributed by atoms with Crippen molar-refractivity contribution in [1.29, 1.82) is 0 Å². The Kier molecular flexibility index (Phi) is 6.61. The summed E-state index contributed by atoms with van der Waals surface area (Å²) < 4.78 is 32.5. The van der Waals surface area contributed by atoms with Crippen molar-refractivity contribution in [2.24, 2.45) is 0 Å². The zero-order chi connectivity index (χ0) is 15.8. The molecular weight excluding hydrogens is 298 g/mol. The molecule has 0 saturated carbocycles. The quantitative estimate of drug-likeness (QED) is 0.775. The molecule has 22 heavy (non-hydrogen) atoms. The van der Waals surface area contributed by atoms with Crippen LogP contribution in [0.1, 0.15) is 31.7 Å². The first-order valence-corrected chi connectivity index (χ1v) is 9.45. The molecule has 1 fully saturated rings. The van der Waals surface area contributed by atoms with Crippen molar-refractivity contribution in [3.63, 3.8) is 0 Å². The zero-order valence-corrected chi connectivity index (χ0v) is 14.0. The van der Waals surface area contributed by atoms with Crippen molar-refractivity contribution in [1.82, 2.24) is 4.31 Å². The molecule has 5 heteroatoms. The maximum atomic E-state index is 12.8. The minimum Gasteiger partial charge on any atom is -0.379 e. The maximum absolute atomic E-state index is 12.8. The lowest BCUT2D eigenvalue weighted by atomic mass is 10.1. The van der Waals surface area contributed by atoms with E-state index in [0.717, 1.165) is 18.4 Å². The highest BCUT2D eigenvalue weighted by atomic mass is 32.2. The molecule has 122 valence electrons. The standard InChI is InChI=1S/C17H25NO3S/c1-2-3-9-17(11-10-16-7-5-4-6-8-16)22(19,20)18-12-14-21-15-13-18/h4-8,10-11,17H,2-3,9,12-15H2,1H3/b11-10+/t17-/m0/s1. The summed E-state index contributed by atoms with van der Waals surface area (Å²) in [5, 5.41) is -0.453. The van der Waals surface area contributed by atoms with Gasteiger partial charge in [0.15, 0.2) is 0 Å². The predicted octanol–water partition coefficient (Wildman–Crippen LogP) is 2.92. The van der Waals surface area contributed by atoms with E-state index in [9.17, 15) is 8.42 Å². The molecule has 1 atom stereocenters. The first kappa shape index (κ1) is 17.2. The smallest absolute Gasteiger partial charge is 0.220 e. The van der Waals surface area contributed by atoms with Crippen molar-refractivity contribution in [2.75, 3.05) is 26.3 Å². The van der Waals surface area contributed by atoms with Crippen LogP contribution in [0.5, 0.6) is 0 Å². The van der Waals surface area contributed by atoms with Gasteiger partial charge in [0.25, 0.3) is 0 Å². The second kappa shape index (κ2) is 8.46. The fraction of sp³-hybridized carbons (Fsp3) is 0.529. The average Bonchev–Trinajstić information content (AvgIpc) is 2.56. The van der Waals surface area contributed by atoms with Crippen molar-refractivity contribution < 1.29 is 13.2 Å². The monoisotopic (exact) mass is 323 g/mol. The van der Waals surface area contributed by atoms with Crippen molar-refractivity contribution >= 4 is 16.1 Å². The molecule has 0 radical (unpaired) electrons. The number of hydrogen-bond donors (Lipinski definition) is 0. The highest BCUT2D eigenvalue weighted by Gasteiger charge is 2.30. The molecule has 0 unspecified atom stereocenters. The second-order valence-electron chi connectivity index (χ2n) is 5.51. The summed E-state index contributed by atoms with van der Waals surface area (Å²) in [4.78, 5) is 0. The fourth-order valence-corrected chi connectivity index (χ4v) is 4.31. The van der Waals surface area contributed by atoms with E-state index in [2.05, 4.69) is 6.92 Å². The summed E-state index contributed by atoms with van der Waals surface area (Å²) in [6, 6.07) is 9.83. The van der Waals surface area contributed by atoms with Gasteiger partial charge in [-0.25, -0.2) is 8.42 Å². The Morgan fingerprint density at radius 3 is 2.55 bits per heavy atom. The van der Waals surface area contributed by atoms with Crippen LogP contribution in [0.4, 0.5) is 0 Å². The predicted molar refractivity (Wildman–Crippen MR) is 90.1 cm³/mol. The van der Waals surface area contributed by atoms with Gasteiger partial charge in [-0.05, 0) is 12.0 Å². The van der Waals surface area contributed by atoms with Gasteiger partial charge >= 0.3 is 0 Å². The molecule has 0 aliphatic carbocycles. The molecule has 0 bridgehead atoms. The second-order valence-corrected chi connectivity index (χ2v) is 7.66. The third-order valence-electron chi connectivity index (χ3n) is 3.86. The van der Waals surface area contributed by atoms with Crippen LogP contribution in [0.15, 0.2) is 36.4 Å². The Balaban J connectivity index is 2.15. The zero-order valence-electron chi connectivity index (χ0n) is 13.1. The third-order valence-corrected chi connectivity index (χ3v) is 6.10. The maximum Gasteiger partial charge on any atom is 0.220 e. The van der Waals surface area contributed by atoms with Gasteiger partial charge in [0, 0.05) is 13.1 Å². The number of morpholine rings is 1. The van der Waals surface area contributed by atoms with Gasteiger partial charge in [-0.2, -0.15) is 4.31 Å². The SMILES string of the molecule is CCCC[C@@H](/C=C/c1ccccc1)S(=O)(=O)N1CCOCC1. The molecule has 1 aromatic rings. The Hall–Kier alpha value is -1.17. The summed E-state index contributed by atoms with van der Waals surface area (Å²) in [5.74, 6) is 0. The first-order chi connectivity index (χ1) is 10.6. The van der Waals surface area contributed by atoms with Crippen LogP contribution in [0, 0.1) is 0 Å². The minimum absolute atomic E-state index is 0.453. The molecule has 1 heterocycles. The molecule has 1 aliphatic rings. The Labute approximate surface area is 133 Å². The van der Waals surface area contributed by atoms with Crippen LogP contribution in [-0.2, 0) is 14.8 Å². The summed E-state index contributed by atoms with van der Waals surface area (Å²) in [6.45, 7) is 3.98. The van der Waals surface area contributed by atoms with E-state index in [1.54, 1.807) is 4.31 Å². The fourth-order valence-electron chi connectivity index (χ4n) is 2.52. The van der Waals surface area contributed by atoms with Crippen LogP contribution in [0.25, 0.3) is 6.08 Å². The van der Waals surface area contributed by atoms with E-state index in [-0.39, 0.29) is 0 Å². The van der Waals surface area contributed by atoms with Gasteiger partial charge in [0.2, 0.25) is 10.0 Å². The Morgan fingerprint density at radius 1 is 1.23 bits per heavy atom. The van der Waals surface area contributed by atoms with Gasteiger partial charge in [0.05, 0.1) is 18.5 Å². The summed E-state index contributed by atoms with van der Waals surface area (Å²) in [5.41, 5.74) is 1.03. The molecule has 1 aliphatic heterocycles. The number of hydrogen-bond acceptors (Lipinski definition) is 3. The average molecular weight is 323 g/mol. The summed E-state index contributed by atoms with van der Waals surface area (Å²) in [7, 11) is -3.30. The van der Waals surface area contributed by atoms with Crippen molar-refractivity contribution in [3.8, 4) is 0 Å². The van der Waals surface area contributed by atoms with Gasteiger partial charge in [-0.1, -0.05) is 62.2 Å². The normalized spacial score (nSPS) is 18.6. The number of nitrogens with zero attached hydrogens (tertiary/aromatic N) is 1. The molecule has 4 nitrogen and oxygen atoms in total. The molecule has 0 amide bonds. The minimum atomic E-state index is -3.30. The van der Waals surface area contributed by atoms with E-state index >= 15 is 0 Å². The van der Waals surface area contributed by atoms with E-state index < -0.39 is 15.3 Å². The highest BCUT2D eigenvalue weighted by molar-refractivity contribution is 7.89. The highest BCUT2D eigenvalue weighted by Crippen LogP contribution is 2.19. The third kappa shape index (κ3) is 4.66. The van der Waals surface area contributed by atoms with E-state index in [1.807, 2.05) is 42.5 Å². The number of unbranched alkanes of at least 4 members (excludes halogenated alkanes) is 1. The molecule has 0 aromatic heterocycles. The number of ether oxygens (including phenoxy) is 1. The molecule has 1 aromatic carbocycles. The number of sulfonamides is 1. The first-order valence-electron chi connectivity index (χ1n) is 7.94. The van der Waals surface area contributed by atoms with Crippen molar-refractivity contribution in [3.05, 3.63) is 42.0 Å². The van der Waals surface area contributed by atoms with Gasteiger partial charge in [0.1, 0.15) is 0 Å². The van der Waals surface area contributed by atoms with Crippen molar-refractivity contribution in [2.45, 2.75) is 31.4 Å². The lowest BCUT2D eigenvalue weighted by Gasteiger charge is -2.29. The van der Waals surface area contributed by atoms with Crippen LogP contribution in [-0.4, -0.2) is 44.3 Å².